The summed E-state index contributed by atoms with van der Waals surface area (Å²) in [5, 5.41) is 3.23. The van der Waals surface area contributed by atoms with Gasteiger partial charge in [-0.05, 0) is 39.0 Å². The third kappa shape index (κ3) is 3.37. The Morgan fingerprint density at radius 3 is 2.62 bits per heavy atom. The van der Waals surface area contributed by atoms with Crippen LogP contribution < -0.4 is 10.2 Å². The number of nitrogens with zero attached hydrogens (tertiary/aromatic N) is 3. The van der Waals surface area contributed by atoms with Gasteiger partial charge < -0.3 is 10.2 Å². The van der Waals surface area contributed by atoms with Crippen LogP contribution in [0.3, 0.4) is 0 Å². The minimum atomic E-state index is -0.0628. The molecule has 0 fully saturated rings. The van der Waals surface area contributed by atoms with E-state index in [9.17, 15) is 4.79 Å². The van der Waals surface area contributed by atoms with Crippen molar-refractivity contribution in [3.05, 3.63) is 48.0 Å². The Bertz CT molecular complexity index is 613. The maximum absolute atomic E-state index is 12.8. The molecule has 21 heavy (non-hydrogen) atoms. The van der Waals surface area contributed by atoms with Gasteiger partial charge in [-0.1, -0.05) is 0 Å². The number of hydrogen-bond acceptors (Lipinski definition) is 4. The quantitative estimate of drug-likeness (QED) is 0.917. The Labute approximate surface area is 125 Å². The van der Waals surface area contributed by atoms with Gasteiger partial charge in [-0.15, -0.1) is 0 Å². The molecule has 0 saturated heterocycles. The molecule has 2 heterocycles. The zero-order chi connectivity index (χ0) is 15.2. The van der Waals surface area contributed by atoms with Crippen LogP contribution in [0.2, 0.25) is 0 Å². The Morgan fingerprint density at radius 2 is 2.00 bits per heavy atom. The summed E-state index contributed by atoms with van der Waals surface area (Å²) < 4.78 is 0. The van der Waals surface area contributed by atoms with Gasteiger partial charge in [0.1, 0.15) is 0 Å². The second kappa shape index (κ2) is 6.83. The summed E-state index contributed by atoms with van der Waals surface area (Å²) in [5.74, 6) is -0.0628. The van der Waals surface area contributed by atoms with Crippen LogP contribution >= 0.6 is 0 Å². The van der Waals surface area contributed by atoms with Crippen molar-refractivity contribution in [2.75, 3.05) is 23.3 Å². The van der Waals surface area contributed by atoms with E-state index in [4.69, 9.17) is 0 Å². The number of carbonyl (C=O) groups excluding carboxylic acids is 1. The van der Waals surface area contributed by atoms with Gasteiger partial charge in [-0.2, -0.15) is 0 Å². The van der Waals surface area contributed by atoms with Crippen LogP contribution in [0, 0.1) is 6.92 Å². The van der Waals surface area contributed by atoms with E-state index in [0.717, 1.165) is 23.6 Å². The van der Waals surface area contributed by atoms with Crippen molar-refractivity contribution < 1.29 is 4.79 Å². The molecule has 0 aliphatic carbocycles. The number of hydrogen-bond donors (Lipinski definition) is 1. The van der Waals surface area contributed by atoms with Crippen molar-refractivity contribution in [2.24, 2.45) is 0 Å². The van der Waals surface area contributed by atoms with Gasteiger partial charge in [-0.3, -0.25) is 14.8 Å². The molecule has 2 rings (SSSR count). The average Bonchev–Trinajstić information content (AvgIpc) is 2.49. The monoisotopic (exact) mass is 284 g/mol. The molecule has 0 unspecified atom stereocenters. The molecule has 0 radical (unpaired) electrons. The smallest absolute Gasteiger partial charge is 0.261 e. The van der Waals surface area contributed by atoms with E-state index in [1.54, 1.807) is 23.5 Å². The second-order valence-corrected chi connectivity index (χ2v) is 4.66. The van der Waals surface area contributed by atoms with E-state index in [0.29, 0.717) is 12.1 Å². The molecule has 0 aliphatic heterocycles. The molecule has 110 valence electrons. The molecule has 1 amide bonds. The molecule has 2 aromatic rings. The van der Waals surface area contributed by atoms with E-state index >= 15 is 0 Å². The fourth-order valence-electron chi connectivity index (χ4n) is 2.18. The number of nitrogens with one attached hydrogen (secondary N) is 1. The standard InChI is InChI=1S/C16H20N4O/c1-4-18-15-10-12(3)19-11-14(15)16(21)20(5-2)13-6-8-17-9-7-13/h6-11H,4-5H2,1-3H3,(H,18,19). The second-order valence-electron chi connectivity index (χ2n) is 4.66. The third-order valence-electron chi connectivity index (χ3n) is 3.17. The maximum Gasteiger partial charge on any atom is 0.261 e. The number of rotatable bonds is 5. The summed E-state index contributed by atoms with van der Waals surface area (Å²) in [4.78, 5) is 22.8. The first-order valence-electron chi connectivity index (χ1n) is 7.09. The lowest BCUT2D eigenvalue weighted by Crippen LogP contribution is -2.31. The lowest BCUT2D eigenvalue weighted by atomic mass is 10.1. The van der Waals surface area contributed by atoms with Crippen molar-refractivity contribution in [1.82, 2.24) is 9.97 Å². The summed E-state index contributed by atoms with van der Waals surface area (Å²) >= 11 is 0. The van der Waals surface area contributed by atoms with Crippen LogP contribution in [-0.2, 0) is 0 Å². The van der Waals surface area contributed by atoms with Crippen LogP contribution in [0.4, 0.5) is 11.4 Å². The Kier molecular flexibility index (Phi) is 4.87. The summed E-state index contributed by atoms with van der Waals surface area (Å²) in [5.41, 5.74) is 3.12. The first-order valence-corrected chi connectivity index (χ1v) is 7.09. The Hall–Kier alpha value is -2.43. The molecular formula is C16H20N4O. The predicted octanol–water partition coefficient (Wildman–Crippen LogP) is 2.88. The van der Waals surface area contributed by atoms with Crippen LogP contribution in [-0.4, -0.2) is 29.0 Å². The molecule has 0 spiro atoms. The van der Waals surface area contributed by atoms with Crippen LogP contribution in [0.1, 0.15) is 29.9 Å². The number of amides is 1. The first-order chi connectivity index (χ1) is 10.2. The molecule has 0 atom stereocenters. The average molecular weight is 284 g/mol. The minimum Gasteiger partial charge on any atom is -0.385 e. The molecule has 5 nitrogen and oxygen atoms in total. The van der Waals surface area contributed by atoms with Crippen LogP contribution in [0.5, 0.6) is 0 Å². The van der Waals surface area contributed by atoms with Gasteiger partial charge in [0.15, 0.2) is 0 Å². The number of anilines is 2. The van der Waals surface area contributed by atoms with E-state index in [1.807, 2.05) is 39.0 Å². The number of aromatic nitrogens is 2. The number of carbonyl (C=O) groups is 1. The SMILES string of the molecule is CCNc1cc(C)ncc1C(=O)N(CC)c1ccncc1. The highest BCUT2D eigenvalue weighted by atomic mass is 16.2. The van der Waals surface area contributed by atoms with E-state index in [1.165, 1.54) is 0 Å². The van der Waals surface area contributed by atoms with Crippen molar-refractivity contribution in [1.29, 1.82) is 0 Å². The Morgan fingerprint density at radius 1 is 1.29 bits per heavy atom. The fraction of sp³-hybridized carbons (Fsp3) is 0.312. The highest BCUT2D eigenvalue weighted by Crippen LogP contribution is 2.21. The van der Waals surface area contributed by atoms with E-state index in [2.05, 4.69) is 15.3 Å². The van der Waals surface area contributed by atoms with Gasteiger partial charge >= 0.3 is 0 Å². The first kappa shape index (κ1) is 15.0. The molecule has 0 aliphatic rings. The van der Waals surface area contributed by atoms with Crippen LogP contribution in [0.15, 0.2) is 36.8 Å². The van der Waals surface area contributed by atoms with Gasteiger partial charge in [0.25, 0.3) is 5.91 Å². The molecular weight excluding hydrogens is 264 g/mol. The van der Waals surface area contributed by atoms with Gasteiger partial charge in [0, 0.05) is 43.1 Å². The van der Waals surface area contributed by atoms with Crippen molar-refractivity contribution >= 4 is 17.3 Å². The highest BCUT2D eigenvalue weighted by molar-refractivity contribution is 6.09. The normalized spacial score (nSPS) is 10.2. The van der Waals surface area contributed by atoms with E-state index < -0.39 is 0 Å². The Balaban J connectivity index is 2.38. The summed E-state index contributed by atoms with van der Waals surface area (Å²) in [6.45, 7) is 7.21. The van der Waals surface area contributed by atoms with Crippen molar-refractivity contribution in [2.45, 2.75) is 20.8 Å². The molecule has 0 saturated carbocycles. The van der Waals surface area contributed by atoms with E-state index in [-0.39, 0.29) is 5.91 Å². The minimum absolute atomic E-state index is 0.0628. The molecule has 2 aromatic heterocycles. The largest absolute Gasteiger partial charge is 0.385 e. The van der Waals surface area contributed by atoms with Crippen molar-refractivity contribution in [3.63, 3.8) is 0 Å². The fourth-order valence-corrected chi connectivity index (χ4v) is 2.18. The van der Waals surface area contributed by atoms with Gasteiger partial charge in [-0.25, -0.2) is 0 Å². The van der Waals surface area contributed by atoms with Gasteiger partial charge in [0.05, 0.1) is 11.3 Å². The lowest BCUT2D eigenvalue weighted by Gasteiger charge is -2.22. The summed E-state index contributed by atoms with van der Waals surface area (Å²) in [6, 6.07) is 5.56. The summed E-state index contributed by atoms with van der Waals surface area (Å²) in [6.07, 6.45) is 5.01. The lowest BCUT2D eigenvalue weighted by molar-refractivity contribution is 0.0988. The third-order valence-corrected chi connectivity index (χ3v) is 3.17. The topological polar surface area (TPSA) is 58.1 Å². The number of pyridine rings is 2. The van der Waals surface area contributed by atoms with Crippen LogP contribution in [0.25, 0.3) is 0 Å². The molecule has 5 heteroatoms. The maximum atomic E-state index is 12.8. The number of aryl methyl sites for hydroxylation is 1. The van der Waals surface area contributed by atoms with Crippen molar-refractivity contribution in [3.8, 4) is 0 Å². The molecule has 0 aromatic carbocycles. The predicted molar refractivity (Wildman–Crippen MR) is 84.7 cm³/mol. The van der Waals surface area contributed by atoms with Gasteiger partial charge in [0.2, 0.25) is 0 Å². The summed E-state index contributed by atoms with van der Waals surface area (Å²) in [7, 11) is 0. The molecule has 1 N–H and O–H groups in total. The highest BCUT2D eigenvalue weighted by Gasteiger charge is 2.19. The zero-order valence-electron chi connectivity index (χ0n) is 12.6. The molecule has 0 bridgehead atoms. The zero-order valence-corrected chi connectivity index (χ0v) is 12.6.